The minimum Gasteiger partial charge on any atom is -0.317 e. The van der Waals surface area contributed by atoms with Gasteiger partial charge >= 0.3 is 0 Å². The van der Waals surface area contributed by atoms with E-state index in [0.717, 1.165) is 11.3 Å². The molecule has 3 fully saturated rings. The van der Waals surface area contributed by atoms with E-state index in [1.54, 1.807) is 0 Å². The fourth-order valence-corrected chi connectivity index (χ4v) is 3.48. The van der Waals surface area contributed by atoms with E-state index in [1.807, 2.05) is 0 Å². The lowest BCUT2D eigenvalue weighted by molar-refractivity contribution is 0.129. The summed E-state index contributed by atoms with van der Waals surface area (Å²) < 4.78 is 0. The molecular weight excluding hydrogens is 220 g/mol. The highest BCUT2D eigenvalue weighted by molar-refractivity contribution is 5.85. The van der Waals surface area contributed by atoms with E-state index in [4.69, 9.17) is 0 Å². The summed E-state index contributed by atoms with van der Waals surface area (Å²) in [5, 5.41) is 3.46. The molecule has 3 aliphatic rings. The number of nitrogens with zero attached hydrogens (tertiary/aromatic N) is 1. The van der Waals surface area contributed by atoms with Crippen LogP contribution in [0.1, 0.15) is 38.5 Å². The molecule has 3 heteroatoms. The predicted molar refractivity (Wildman–Crippen MR) is 70.2 cm³/mol. The zero-order valence-corrected chi connectivity index (χ0v) is 11.0. The molecular formula is C13H25ClN2. The second-order valence-electron chi connectivity index (χ2n) is 6.03. The minimum absolute atomic E-state index is 0. The maximum Gasteiger partial charge on any atom is 0.00381 e. The summed E-state index contributed by atoms with van der Waals surface area (Å²) in [4.78, 5) is 2.77. The molecule has 1 aliphatic carbocycles. The van der Waals surface area contributed by atoms with E-state index in [-0.39, 0.29) is 12.4 Å². The van der Waals surface area contributed by atoms with Crippen LogP contribution in [0.2, 0.25) is 0 Å². The van der Waals surface area contributed by atoms with E-state index < -0.39 is 0 Å². The van der Waals surface area contributed by atoms with E-state index >= 15 is 0 Å². The molecule has 0 radical (unpaired) electrons. The van der Waals surface area contributed by atoms with E-state index in [1.165, 1.54) is 71.2 Å². The van der Waals surface area contributed by atoms with Gasteiger partial charge in [-0.15, -0.1) is 12.4 Å². The molecule has 0 atom stereocenters. The van der Waals surface area contributed by atoms with Crippen molar-refractivity contribution in [2.75, 3.05) is 32.7 Å². The molecule has 0 unspecified atom stereocenters. The normalized spacial score (nSPS) is 30.0. The molecule has 2 aliphatic heterocycles. The first-order valence-electron chi connectivity index (χ1n) is 6.79. The lowest BCUT2D eigenvalue weighted by atomic mass is 9.92. The molecule has 1 saturated carbocycles. The molecule has 2 heterocycles. The molecule has 0 aromatic rings. The first-order valence-corrected chi connectivity index (χ1v) is 6.79. The maximum atomic E-state index is 3.46. The Morgan fingerprint density at radius 3 is 2.56 bits per heavy atom. The number of likely N-dealkylation sites (tertiary alicyclic amines) is 1. The Morgan fingerprint density at radius 2 is 1.88 bits per heavy atom. The Bertz CT molecular complexity index is 222. The Balaban J connectivity index is 0.000000963. The predicted octanol–water partition coefficient (Wildman–Crippen LogP) is 2.28. The van der Waals surface area contributed by atoms with Gasteiger partial charge in [0.15, 0.2) is 0 Å². The Hall–Kier alpha value is 0.210. The smallest absolute Gasteiger partial charge is 0.00381 e. The van der Waals surface area contributed by atoms with Gasteiger partial charge in [-0.3, -0.25) is 0 Å². The van der Waals surface area contributed by atoms with Gasteiger partial charge < -0.3 is 10.2 Å². The number of halogens is 1. The molecule has 0 amide bonds. The molecule has 0 aromatic carbocycles. The highest BCUT2D eigenvalue weighted by Gasteiger charge is 2.45. The molecule has 16 heavy (non-hydrogen) atoms. The van der Waals surface area contributed by atoms with Crippen molar-refractivity contribution in [3.05, 3.63) is 0 Å². The van der Waals surface area contributed by atoms with Crippen LogP contribution >= 0.6 is 12.4 Å². The van der Waals surface area contributed by atoms with Gasteiger partial charge in [0.1, 0.15) is 0 Å². The second-order valence-corrected chi connectivity index (χ2v) is 6.03. The van der Waals surface area contributed by atoms with Crippen LogP contribution in [0, 0.1) is 11.3 Å². The van der Waals surface area contributed by atoms with Crippen molar-refractivity contribution in [1.29, 1.82) is 0 Å². The van der Waals surface area contributed by atoms with Crippen LogP contribution in [0.3, 0.4) is 0 Å². The quantitative estimate of drug-likeness (QED) is 0.802. The summed E-state index contributed by atoms with van der Waals surface area (Å²) in [6, 6.07) is 0. The molecule has 3 rings (SSSR count). The first kappa shape index (κ1) is 12.7. The molecule has 0 bridgehead atoms. The third kappa shape index (κ3) is 2.91. The Kier molecular flexibility index (Phi) is 4.15. The third-order valence-corrected chi connectivity index (χ3v) is 4.67. The van der Waals surface area contributed by atoms with Crippen molar-refractivity contribution in [3.8, 4) is 0 Å². The van der Waals surface area contributed by atoms with Crippen molar-refractivity contribution >= 4 is 12.4 Å². The maximum absolute atomic E-state index is 3.46. The van der Waals surface area contributed by atoms with Crippen LogP contribution in [0.25, 0.3) is 0 Å². The second kappa shape index (κ2) is 5.24. The molecule has 1 spiro atoms. The fourth-order valence-electron chi connectivity index (χ4n) is 3.48. The molecule has 0 aromatic heterocycles. The Morgan fingerprint density at radius 1 is 1.12 bits per heavy atom. The number of piperidine rings is 2. The van der Waals surface area contributed by atoms with Crippen LogP contribution in [-0.4, -0.2) is 37.6 Å². The van der Waals surface area contributed by atoms with E-state index in [2.05, 4.69) is 10.2 Å². The van der Waals surface area contributed by atoms with Crippen molar-refractivity contribution in [3.63, 3.8) is 0 Å². The molecule has 2 saturated heterocycles. The van der Waals surface area contributed by atoms with Gasteiger partial charge in [-0.05, 0) is 69.5 Å². The van der Waals surface area contributed by atoms with Gasteiger partial charge in [-0.1, -0.05) is 0 Å². The zero-order chi connectivity index (χ0) is 10.1. The van der Waals surface area contributed by atoms with E-state index in [0.29, 0.717) is 0 Å². The third-order valence-electron chi connectivity index (χ3n) is 4.67. The summed E-state index contributed by atoms with van der Waals surface area (Å²) in [7, 11) is 0. The summed E-state index contributed by atoms with van der Waals surface area (Å²) in [6.07, 6.45) is 8.85. The van der Waals surface area contributed by atoms with Crippen LogP contribution in [-0.2, 0) is 0 Å². The van der Waals surface area contributed by atoms with E-state index in [9.17, 15) is 0 Å². The highest BCUT2D eigenvalue weighted by atomic mass is 35.5. The van der Waals surface area contributed by atoms with Crippen LogP contribution < -0.4 is 5.32 Å². The summed E-state index contributed by atoms with van der Waals surface area (Å²) in [5.41, 5.74) is 0.811. The SMILES string of the molecule is C1CN(CC2CCNCC2)CC2(C1)CC2.Cl. The zero-order valence-electron chi connectivity index (χ0n) is 10.2. The van der Waals surface area contributed by atoms with Crippen LogP contribution in [0.5, 0.6) is 0 Å². The molecule has 2 nitrogen and oxygen atoms in total. The standard InChI is InChI=1S/C13H24N2.ClH/c1-4-13(5-6-13)11-15(9-1)10-12-2-7-14-8-3-12;/h12,14H,1-11H2;1H. The van der Waals surface area contributed by atoms with Gasteiger partial charge in [-0.2, -0.15) is 0 Å². The average Bonchev–Trinajstić information content (AvgIpc) is 2.99. The van der Waals surface area contributed by atoms with Crippen molar-refractivity contribution in [1.82, 2.24) is 10.2 Å². The topological polar surface area (TPSA) is 15.3 Å². The van der Waals surface area contributed by atoms with Crippen LogP contribution in [0.4, 0.5) is 0 Å². The number of hydrogen-bond acceptors (Lipinski definition) is 2. The van der Waals surface area contributed by atoms with Gasteiger partial charge in [0.2, 0.25) is 0 Å². The summed E-state index contributed by atoms with van der Waals surface area (Å²) in [5.74, 6) is 0.986. The molecule has 1 N–H and O–H groups in total. The number of nitrogens with one attached hydrogen (secondary N) is 1. The van der Waals surface area contributed by atoms with Crippen LogP contribution in [0.15, 0.2) is 0 Å². The largest absolute Gasteiger partial charge is 0.317 e. The Labute approximate surface area is 106 Å². The number of rotatable bonds is 2. The summed E-state index contributed by atoms with van der Waals surface area (Å²) >= 11 is 0. The van der Waals surface area contributed by atoms with Crippen molar-refractivity contribution < 1.29 is 0 Å². The average molecular weight is 245 g/mol. The summed E-state index contributed by atoms with van der Waals surface area (Å²) in [6.45, 7) is 6.71. The molecule has 94 valence electrons. The monoisotopic (exact) mass is 244 g/mol. The van der Waals surface area contributed by atoms with Gasteiger partial charge in [0.05, 0.1) is 0 Å². The highest BCUT2D eigenvalue weighted by Crippen LogP contribution is 2.52. The van der Waals surface area contributed by atoms with Gasteiger partial charge in [0.25, 0.3) is 0 Å². The van der Waals surface area contributed by atoms with Crippen molar-refractivity contribution in [2.45, 2.75) is 38.5 Å². The minimum atomic E-state index is 0. The fraction of sp³-hybridized carbons (Fsp3) is 1.00. The number of hydrogen-bond donors (Lipinski definition) is 1. The lowest BCUT2D eigenvalue weighted by Gasteiger charge is -2.36. The van der Waals surface area contributed by atoms with Crippen molar-refractivity contribution in [2.24, 2.45) is 11.3 Å². The van der Waals surface area contributed by atoms with Gasteiger partial charge in [-0.25, -0.2) is 0 Å². The van der Waals surface area contributed by atoms with Gasteiger partial charge in [0, 0.05) is 13.1 Å². The lowest BCUT2D eigenvalue weighted by Crippen LogP contribution is -2.41. The first-order chi connectivity index (χ1) is 7.36.